The Morgan fingerprint density at radius 3 is 2.96 bits per heavy atom. The van der Waals surface area contributed by atoms with Gasteiger partial charge in [-0.1, -0.05) is 0 Å². The number of nitrogen functional groups attached to an aromatic ring is 1. The number of nitrogens with zero attached hydrogens (tertiary/aromatic N) is 4. The van der Waals surface area contributed by atoms with E-state index in [0.29, 0.717) is 11.2 Å². The van der Waals surface area contributed by atoms with E-state index < -0.39 is 38.8 Å². The molecule has 3 heterocycles. The van der Waals surface area contributed by atoms with Crippen LogP contribution in [0.2, 0.25) is 0 Å². The summed E-state index contributed by atoms with van der Waals surface area (Å²) in [4.78, 5) is 23.5. The number of hydrogen-bond acceptors (Lipinski definition) is 10. The molecular weight excluding hydrogens is 343 g/mol. The molecule has 13 heteroatoms. The Hall–Kier alpha value is -1.66. The molecule has 0 radical (unpaired) electrons. The molecule has 0 bridgehead atoms. The number of nitrogens with one attached hydrogen (secondary N) is 1. The summed E-state index contributed by atoms with van der Waals surface area (Å²) in [6, 6.07) is -1.11. The second kappa shape index (κ2) is 6.33. The van der Waals surface area contributed by atoms with Gasteiger partial charge in [-0.05, 0) is 0 Å². The van der Waals surface area contributed by atoms with Crippen molar-refractivity contribution in [3.05, 3.63) is 12.7 Å². The molecule has 2 aromatic rings. The largest absolute Gasteiger partial charge is 0.766 e. The first-order valence-electron chi connectivity index (χ1n) is 6.90. The minimum Gasteiger partial charge on any atom is -0.766 e. The fourth-order valence-corrected chi connectivity index (χ4v) is 3.37. The lowest BCUT2D eigenvalue weighted by atomic mass is 10.1. The molecule has 0 spiro atoms. The van der Waals surface area contributed by atoms with Gasteiger partial charge in [0.05, 0.1) is 19.0 Å². The van der Waals surface area contributed by atoms with E-state index >= 15 is 0 Å². The summed E-state index contributed by atoms with van der Waals surface area (Å²) in [5, 5.41) is 22.0. The summed E-state index contributed by atoms with van der Waals surface area (Å²) >= 11 is 0. The minimum atomic E-state index is -4.39. The molecule has 0 saturated carbocycles. The number of aliphatic hydroxyl groups is 2. The molecule has 132 valence electrons. The van der Waals surface area contributed by atoms with Crippen LogP contribution in [0.1, 0.15) is 6.23 Å². The van der Waals surface area contributed by atoms with Gasteiger partial charge >= 0.3 is 0 Å². The summed E-state index contributed by atoms with van der Waals surface area (Å²) in [6.07, 6.45) is -0.774. The zero-order valence-electron chi connectivity index (χ0n) is 12.5. The monoisotopic (exact) mass is 359 g/mol. The number of hydrogen-bond donors (Lipinski definition) is 4. The molecule has 3 rings (SSSR count). The van der Waals surface area contributed by atoms with Crippen LogP contribution in [-0.2, 0) is 13.8 Å². The number of ether oxygens (including phenoxy) is 1. The van der Waals surface area contributed by atoms with Gasteiger partial charge in [-0.2, -0.15) is 0 Å². The van der Waals surface area contributed by atoms with Crippen LogP contribution < -0.4 is 15.7 Å². The van der Waals surface area contributed by atoms with Crippen LogP contribution >= 0.6 is 7.75 Å². The van der Waals surface area contributed by atoms with Gasteiger partial charge in [0, 0.05) is 7.11 Å². The average molecular weight is 359 g/mol. The van der Waals surface area contributed by atoms with Crippen molar-refractivity contribution in [2.45, 2.75) is 24.5 Å². The molecular formula is C11H16N6O6P-. The molecule has 2 aromatic heterocycles. The summed E-state index contributed by atoms with van der Waals surface area (Å²) < 4.78 is 22.9. The Bertz CT molecular complexity index is 785. The van der Waals surface area contributed by atoms with E-state index in [1.54, 1.807) is 0 Å². The van der Waals surface area contributed by atoms with E-state index in [4.69, 9.17) is 10.5 Å². The van der Waals surface area contributed by atoms with Crippen LogP contribution in [0.4, 0.5) is 5.82 Å². The summed E-state index contributed by atoms with van der Waals surface area (Å²) in [7, 11) is -3.41. The summed E-state index contributed by atoms with van der Waals surface area (Å²) in [5.41, 5.74) is 6.33. The highest BCUT2D eigenvalue weighted by molar-refractivity contribution is 7.49. The number of rotatable bonds is 5. The highest BCUT2D eigenvalue weighted by Crippen LogP contribution is 2.38. The van der Waals surface area contributed by atoms with Crippen molar-refractivity contribution in [1.82, 2.24) is 24.6 Å². The second-order valence-corrected chi connectivity index (χ2v) is 6.77. The molecule has 5 N–H and O–H groups in total. The highest BCUT2D eigenvalue weighted by atomic mass is 31.2. The van der Waals surface area contributed by atoms with E-state index in [1.807, 2.05) is 0 Å². The van der Waals surface area contributed by atoms with E-state index in [1.165, 1.54) is 17.2 Å². The molecule has 12 nitrogen and oxygen atoms in total. The number of aliphatic hydroxyl groups excluding tert-OH is 2. The van der Waals surface area contributed by atoms with Gasteiger partial charge in [0.25, 0.3) is 0 Å². The first-order chi connectivity index (χ1) is 11.4. The molecule has 0 amide bonds. The average Bonchev–Trinajstić information content (AvgIpc) is 3.10. The zero-order valence-corrected chi connectivity index (χ0v) is 13.4. The smallest absolute Gasteiger partial charge is 0.204 e. The minimum absolute atomic E-state index is 0.156. The number of imidazole rings is 1. The third-order valence-corrected chi connectivity index (χ3v) is 4.86. The van der Waals surface area contributed by atoms with E-state index in [-0.39, 0.29) is 5.82 Å². The molecule has 1 aliphatic rings. The Kier molecular flexibility index (Phi) is 4.53. The second-order valence-electron chi connectivity index (χ2n) is 5.16. The molecule has 0 aromatic carbocycles. The molecule has 1 aliphatic heterocycles. The highest BCUT2D eigenvalue weighted by Gasteiger charge is 2.46. The molecule has 1 fully saturated rings. The van der Waals surface area contributed by atoms with Gasteiger partial charge in [-0.15, -0.1) is 0 Å². The van der Waals surface area contributed by atoms with Gasteiger partial charge in [-0.25, -0.2) is 20.0 Å². The normalized spacial score (nSPS) is 29.8. The van der Waals surface area contributed by atoms with Crippen molar-refractivity contribution in [3.63, 3.8) is 0 Å². The van der Waals surface area contributed by atoms with Crippen LogP contribution in [0, 0.1) is 0 Å². The fraction of sp³-hybridized carbons (Fsp3) is 0.545. The van der Waals surface area contributed by atoms with Crippen molar-refractivity contribution in [3.8, 4) is 0 Å². The predicted molar refractivity (Wildman–Crippen MR) is 78.3 cm³/mol. The fourth-order valence-electron chi connectivity index (χ4n) is 2.58. The molecule has 0 aliphatic carbocycles. The Morgan fingerprint density at radius 2 is 2.29 bits per heavy atom. The molecule has 24 heavy (non-hydrogen) atoms. The maximum atomic E-state index is 11.6. The molecule has 1 unspecified atom stereocenters. The lowest BCUT2D eigenvalue weighted by molar-refractivity contribution is -0.201. The van der Waals surface area contributed by atoms with Gasteiger partial charge in [-0.3, -0.25) is 9.13 Å². The van der Waals surface area contributed by atoms with Gasteiger partial charge < -0.3 is 30.1 Å². The standard InChI is InChI=1S/C11H17N6O6P/c1-22-24(20,21)16-6-5(2-18)23-11(8(6)19)17-4-15-7-9(12)13-3-14-10(7)17/h3-6,8,11,18-19H,2H2,1H3,(H2,12,13,14)(H2,16,20,21)/p-1/t5-,6-,8-,11-/m1/s1. The van der Waals surface area contributed by atoms with E-state index in [2.05, 4.69) is 24.6 Å². The van der Waals surface area contributed by atoms with Gasteiger partial charge in [0.2, 0.25) is 7.75 Å². The topological polar surface area (TPSA) is 181 Å². The Labute approximate surface area is 135 Å². The third kappa shape index (κ3) is 2.89. The van der Waals surface area contributed by atoms with Crippen LogP contribution in [0.15, 0.2) is 12.7 Å². The van der Waals surface area contributed by atoms with Crippen LogP contribution in [0.25, 0.3) is 11.2 Å². The number of fused-ring (bicyclic) bond motifs is 1. The van der Waals surface area contributed by atoms with Crippen molar-refractivity contribution >= 4 is 24.7 Å². The lowest BCUT2D eigenvalue weighted by Gasteiger charge is -2.29. The van der Waals surface area contributed by atoms with Crippen molar-refractivity contribution in [2.75, 3.05) is 19.5 Å². The first-order valence-corrected chi connectivity index (χ1v) is 8.44. The molecule has 1 saturated heterocycles. The first kappa shape index (κ1) is 17.2. The Morgan fingerprint density at radius 1 is 1.54 bits per heavy atom. The van der Waals surface area contributed by atoms with Crippen molar-refractivity contribution in [1.29, 1.82) is 0 Å². The third-order valence-electron chi connectivity index (χ3n) is 3.76. The lowest BCUT2D eigenvalue weighted by Crippen LogP contribution is -2.45. The quantitative estimate of drug-likeness (QED) is 0.423. The van der Waals surface area contributed by atoms with Gasteiger partial charge in [0.1, 0.15) is 24.1 Å². The zero-order chi connectivity index (χ0) is 17.5. The van der Waals surface area contributed by atoms with E-state index in [9.17, 15) is 19.7 Å². The predicted octanol–water partition coefficient (Wildman–Crippen LogP) is -2.27. The number of nitrogens with two attached hydrogens (primary N) is 1. The van der Waals surface area contributed by atoms with Crippen LogP contribution in [-0.4, -0.2) is 61.7 Å². The van der Waals surface area contributed by atoms with Crippen molar-refractivity contribution < 1.29 is 28.9 Å². The Balaban J connectivity index is 1.94. The molecule has 5 atom stereocenters. The number of anilines is 1. The summed E-state index contributed by atoms with van der Waals surface area (Å²) in [5.74, 6) is 0.156. The van der Waals surface area contributed by atoms with Crippen LogP contribution in [0.3, 0.4) is 0 Å². The van der Waals surface area contributed by atoms with Crippen LogP contribution in [0.5, 0.6) is 0 Å². The number of aromatic nitrogens is 4. The van der Waals surface area contributed by atoms with E-state index in [0.717, 1.165) is 7.11 Å². The van der Waals surface area contributed by atoms with Gasteiger partial charge in [0.15, 0.2) is 17.7 Å². The van der Waals surface area contributed by atoms with Crippen molar-refractivity contribution in [2.24, 2.45) is 0 Å². The SMILES string of the molecule is COP(=O)([O-])N[C@H]1[C@@H](O)[C@H](n2cnc3c(N)ncnc32)O[C@@H]1CO. The maximum absolute atomic E-state index is 11.6. The maximum Gasteiger partial charge on any atom is 0.204 e. The summed E-state index contributed by atoms with van der Waals surface area (Å²) in [6.45, 7) is -0.515.